The maximum atomic E-state index is 12.1. The number of carbonyl (C=O) groups excluding carboxylic acids is 1. The van der Waals surface area contributed by atoms with Crippen molar-refractivity contribution in [3.63, 3.8) is 0 Å². The Bertz CT molecular complexity index is 454. The van der Waals surface area contributed by atoms with Crippen molar-refractivity contribution >= 4 is 36.4 Å². The van der Waals surface area contributed by atoms with Gasteiger partial charge in [-0.15, -0.1) is 24.8 Å². The minimum absolute atomic E-state index is 0. The van der Waals surface area contributed by atoms with E-state index in [-0.39, 0.29) is 30.7 Å². The van der Waals surface area contributed by atoms with Crippen molar-refractivity contribution in [1.82, 2.24) is 10.3 Å². The van der Waals surface area contributed by atoms with Gasteiger partial charge in [0.05, 0.1) is 13.3 Å². The summed E-state index contributed by atoms with van der Waals surface area (Å²) in [6.07, 6.45) is 6.12. The number of rotatable bonds is 5. The number of methoxy groups -OCH3 is 1. The van der Waals surface area contributed by atoms with Crippen molar-refractivity contribution in [3.05, 3.63) is 18.5 Å². The monoisotopic (exact) mass is 349 g/mol. The maximum Gasteiger partial charge on any atom is 0.224 e. The second kappa shape index (κ2) is 10.6. The van der Waals surface area contributed by atoms with Crippen LogP contribution in [0.15, 0.2) is 18.5 Å². The first kappa shape index (κ1) is 21.0. The number of nitrogens with zero attached hydrogens (tertiary/aromatic N) is 1. The van der Waals surface area contributed by atoms with Crippen LogP contribution >= 0.6 is 24.8 Å². The minimum Gasteiger partial charge on any atom is -0.494 e. The molecule has 126 valence electrons. The van der Waals surface area contributed by atoms with Crippen LogP contribution < -0.4 is 15.4 Å². The summed E-state index contributed by atoms with van der Waals surface area (Å²) in [6, 6.07) is 1.74. The fraction of sp³-hybridized carbons (Fsp3) is 0.600. The van der Waals surface area contributed by atoms with Crippen molar-refractivity contribution in [2.75, 3.05) is 25.5 Å². The molecular weight excluding hydrogens is 325 g/mol. The Hall–Kier alpha value is -1.04. The van der Waals surface area contributed by atoms with Crippen LogP contribution in [0.1, 0.15) is 26.2 Å². The van der Waals surface area contributed by atoms with Gasteiger partial charge in [0.15, 0.2) is 0 Å². The summed E-state index contributed by atoms with van der Waals surface area (Å²) in [5.74, 6) is 1.71. The number of pyridine rings is 1. The third-order valence-electron chi connectivity index (χ3n) is 3.97. The Kier molecular flexibility index (Phi) is 10.1. The molecule has 0 radical (unpaired) electrons. The molecule has 0 aromatic carbocycles. The number of piperidine rings is 1. The van der Waals surface area contributed by atoms with Crippen LogP contribution in [0.3, 0.4) is 0 Å². The van der Waals surface area contributed by atoms with Gasteiger partial charge >= 0.3 is 0 Å². The van der Waals surface area contributed by atoms with E-state index in [4.69, 9.17) is 4.74 Å². The lowest BCUT2D eigenvalue weighted by Crippen LogP contribution is -2.32. The van der Waals surface area contributed by atoms with Crippen LogP contribution in [0.4, 0.5) is 5.69 Å². The molecular formula is C15H25Cl2N3O2. The van der Waals surface area contributed by atoms with Crippen molar-refractivity contribution in [2.24, 2.45) is 11.8 Å². The SMILES string of the molecule is COc1ccncc1NC(=O)CC(C)C1CCNCC1.Cl.Cl. The normalized spacial score (nSPS) is 15.9. The largest absolute Gasteiger partial charge is 0.494 e. The summed E-state index contributed by atoms with van der Waals surface area (Å²) in [5, 5.41) is 6.24. The molecule has 1 aromatic heterocycles. The summed E-state index contributed by atoms with van der Waals surface area (Å²) in [7, 11) is 1.59. The van der Waals surface area contributed by atoms with Crippen LogP contribution in [-0.4, -0.2) is 31.1 Å². The zero-order chi connectivity index (χ0) is 14.4. The van der Waals surface area contributed by atoms with Gasteiger partial charge in [-0.25, -0.2) is 0 Å². The first-order valence-corrected chi connectivity index (χ1v) is 7.19. The van der Waals surface area contributed by atoms with Crippen molar-refractivity contribution < 1.29 is 9.53 Å². The highest BCUT2D eigenvalue weighted by Gasteiger charge is 2.22. The molecule has 2 N–H and O–H groups in total. The predicted molar refractivity (Wildman–Crippen MR) is 93.3 cm³/mol. The molecule has 1 saturated heterocycles. The Morgan fingerprint density at radius 2 is 2.14 bits per heavy atom. The molecule has 22 heavy (non-hydrogen) atoms. The molecule has 7 heteroatoms. The van der Waals surface area contributed by atoms with Gasteiger partial charge in [-0.2, -0.15) is 0 Å². The molecule has 1 atom stereocenters. The highest BCUT2D eigenvalue weighted by molar-refractivity contribution is 5.92. The third kappa shape index (κ3) is 5.99. The lowest BCUT2D eigenvalue weighted by atomic mass is 9.84. The molecule has 2 rings (SSSR count). The minimum atomic E-state index is 0. The highest BCUT2D eigenvalue weighted by atomic mass is 35.5. The van der Waals surface area contributed by atoms with Gasteiger partial charge in [-0.3, -0.25) is 9.78 Å². The Morgan fingerprint density at radius 1 is 1.45 bits per heavy atom. The Morgan fingerprint density at radius 3 is 2.77 bits per heavy atom. The number of carbonyl (C=O) groups is 1. The van der Waals surface area contributed by atoms with Crippen molar-refractivity contribution in [2.45, 2.75) is 26.2 Å². The fourth-order valence-corrected chi connectivity index (χ4v) is 2.73. The summed E-state index contributed by atoms with van der Waals surface area (Å²) in [4.78, 5) is 16.1. The number of nitrogens with one attached hydrogen (secondary N) is 2. The smallest absolute Gasteiger partial charge is 0.224 e. The van der Waals surface area contributed by atoms with Gasteiger partial charge in [0.1, 0.15) is 11.4 Å². The molecule has 0 aliphatic carbocycles. The van der Waals surface area contributed by atoms with Crippen molar-refractivity contribution in [3.8, 4) is 5.75 Å². The lowest BCUT2D eigenvalue weighted by molar-refractivity contribution is -0.117. The molecule has 5 nitrogen and oxygen atoms in total. The second-order valence-electron chi connectivity index (χ2n) is 5.39. The van der Waals surface area contributed by atoms with E-state index < -0.39 is 0 Å². The summed E-state index contributed by atoms with van der Waals surface area (Å²) >= 11 is 0. The van der Waals surface area contributed by atoms with E-state index in [2.05, 4.69) is 22.5 Å². The van der Waals surface area contributed by atoms with E-state index >= 15 is 0 Å². The van der Waals surface area contributed by atoms with E-state index in [1.807, 2.05) is 0 Å². The van der Waals surface area contributed by atoms with Gasteiger partial charge in [0.2, 0.25) is 5.91 Å². The molecule has 1 unspecified atom stereocenters. The average molecular weight is 350 g/mol. The zero-order valence-electron chi connectivity index (χ0n) is 13.0. The number of aromatic nitrogens is 1. The van der Waals surface area contributed by atoms with Crippen LogP contribution in [0.2, 0.25) is 0 Å². The average Bonchev–Trinajstić information content (AvgIpc) is 2.48. The quantitative estimate of drug-likeness (QED) is 0.857. The Labute approximate surface area is 144 Å². The van der Waals surface area contributed by atoms with Gasteiger partial charge in [-0.05, 0) is 37.8 Å². The molecule has 0 spiro atoms. The van der Waals surface area contributed by atoms with E-state index in [0.29, 0.717) is 29.7 Å². The first-order chi connectivity index (χ1) is 9.70. The number of hydrogen-bond donors (Lipinski definition) is 2. The zero-order valence-corrected chi connectivity index (χ0v) is 14.6. The van der Waals surface area contributed by atoms with Crippen LogP contribution in [0.5, 0.6) is 5.75 Å². The molecule has 1 aliphatic heterocycles. The molecule has 0 bridgehead atoms. The number of ether oxygens (including phenoxy) is 1. The molecule has 1 amide bonds. The maximum absolute atomic E-state index is 12.1. The molecule has 1 aliphatic rings. The Balaban J connectivity index is 0.00000220. The third-order valence-corrected chi connectivity index (χ3v) is 3.97. The van der Waals surface area contributed by atoms with Gasteiger partial charge in [-0.1, -0.05) is 6.92 Å². The topological polar surface area (TPSA) is 63.2 Å². The van der Waals surface area contributed by atoms with Crippen molar-refractivity contribution in [1.29, 1.82) is 0 Å². The number of anilines is 1. The van der Waals surface area contributed by atoms with Gasteiger partial charge in [0.25, 0.3) is 0 Å². The summed E-state index contributed by atoms with van der Waals surface area (Å²) < 4.78 is 5.20. The number of amides is 1. The predicted octanol–water partition coefficient (Wildman–Crippen LogP) is 2.90. The highest BCUT2D eigenvalue weighted by Crippen LogP contribution is 2.26. The summed E-state index contributed by atoms with van der Waals surface area (Å²) in [5.41, 5.74) is 0.637. The van der Waals surface area contributed by atoms with Gasteiger partial charge < -0.3 is 15.4 Å². The fourth-order valence-electron chi connectivity index (χ4n) is 2.73. The standard InChI is InChI=1S/C15H23N3O2.2ClH/c1-11(12-3-6-16-7-4-12)9-15(19)18-13-10-17-8-5-14(13)20-2;;/h5,8,10-12,16H,3-4,6-7,9H2,1-2H3,(H,18,19);2*1H. The number of hydrogen-bond acceptors (Lipinski definition) is 4. The molecule has 0 saturated carbocycles. The van der Waals surface area contributed by atoms with E-state index in [1.54, 1.807) is 25.6 Å². The van der Waals surface area contributed by atoms with Crippen LogP contribution in [0.25, 0.3) is 0 Å². The first-order valence-electron chi connectivity index (χ1n) is 7.19. The van der Waals surface area contributed by atoms with E-state index in [1.165, 1.54) is 0 Å². The lowest BCUT2D eigenvalue weighted by Gasteiger charge is -2.27. The van der Waals surface area contributed by atoms with Crippen LogP contribution in [-0.2, 0) is 4.79 Å². The molecule has 1 aromatic rings. The van der Waals surface area contributed by atoms with E-state index in [9.17, 15) is 4.79 Å². The summed E-state index contributed by atoms with van der Waals surface area (Å²) in [6.45, 7) is 4.29. The second-order valence-corrected chi connectivity index (χ2v) is 5.39. The van der Waals surface area contributed by atoms with E-state index in [0.717, 1.165) is 25.9 Å². The molecule has 1 fully saturated rings. The molecule has 2 heterocycles. The number of halogens is 2. The van der Waals surface area contributed by atoms with Gasteiger partial charge in [0, 0.05) is 18.7 Å². The van der Waals surface area contributed by atoms with Crippen LogP contribution in [0, 0.1) is 11.8 Å².